The van der Waals surface area contributed by atoms with Gasteiger partial charge < -0.3 is 14.0 Å². The number of hydrogen-bond donors (Lipinski definition) is 0. The van der Waals surface area contributed by atoms with Crippen LogP contribution in [0, 0.1) is 5.92 Å². The van der Waals surface area contributed by atoms with Crippen LogP contribution in [0.15, 0.2) is 23.2 Å². The van der Waals surface area contributed by atoms with Crippen LogP contribution in [0.5, 0.6) is 0 Å². The van der Waals surface area contributed by atoms with Crippen LogP contribution in [-0.2, 0) is 20.8 Å². The molecule has 1 aromatic carbocycles. The number of nitrogens with zero attached hydrogens (tertiary/aromatic N) is 2. The van der Waals surface area contributed by atoms with Crippen molar-refractivity contribution in [1.29, 1.82) is 0 Å². The first kappa shape index (κ1) is 20.7. The van der Waals surface area contributed by atoms with Gasteiger partial charge in [0.25, 0.3) is 0 Å². The molecule has 0 radical (unpaired) electrons. The molecule has 28 heavy (non-hydrogen) atoms. The third-order valence-electron chi connectivity index (χ3n) is 5.23. The summed E-state index contributed by atoms with van der Waals surface area (Å²) in [5, 5.41) is 0. The van der Waals surface area contributed by atoms with Gasteiger partial charge in [-0.05, 0) is 37.5 Å². The fourth-order valence-electron chi connectivity index (χ4n) is 3.71. The van der Waals surface area contributed by atoms with Crippen LogP contribution in [0.25, 0.3) is 10.2 Å². The van der Waals surface area contributed by atoms with Gasteiger partial charge >= 0.3 is 5.97 Å². The molecule has 0 atom stereocenters. The van der Waals surface area contributed by atoms with Crippen LogP contribution in [0.4, 0.5) is 0 Å². The summed E-state index contributed by atoms with van der Waals surface area (Å²) in [6.07, 6.45) is 6.47. The third-order valence-corrected chi connectivity index (χ3v) is 6.27. The van der Waals surface area contributed by atoms with Gasteiger partial charge in [-0.15, -0.1) is 0 Å². The minimum absolute atomic E-state index is 0.0724. The number of aromatic nitrogens is 1. The lowest BCUT2D eigenvalue weighted by Gasteiger charge is -2.07. The maximum atomic E-state index is 12.5. The summed E-state index contributed by atoms with van der Waals surface area (Å²) in [5.41, 5.74) is 1.44. The average molecular weight is 405 g/mol. The van der Waals surface area contributed by atoms with Gasteiger partial charge in [-0.25, -0.2) is 4.79 Å². The van der Waals surface area contributed by atoms with Crippen LogP contribution in [0.1, 0.15) is 55.8 Å². The Labute approximate surface area is 169 Å². The van der Waals surface area contributed by atoms with E-state index in [1.54, 1.807) is 12.1 Å². The van der Waals surface area contributed by atoms with Crippen LogP contribution < -0.4 is 4.80 Å². The summed E-state index contributed by atoms with van der Waals surface area (Å²) < 4.78 is 13.2. The molecule has 6 nitrogen and oxygen atoms in total. The van der Waals surface area contributed by atoms with Crippen molar-refractivity contribution in [1.82, 2.24) is 4.57 Å². The Morgan fingerprint density at radius 3 is 2.79 bits per heavy atom. The molecule has 2 aromatic rings. The van der Waals surface area contributed by atoms with Crippen molar-refractivity contribution in [3.63, 3.8) is 0 Å². The number of benzene rings is 1. The van der Waals surface area contributed by atoms with Gasteiger partial charge in [-0.3, -0.25) is 4.79 Å². The number of hydrogen-bond acceptors (Lipinski definition) is 5. The summed E-state index contributed by atoms with van der Waals surface area (Å²) in [5.74, 6) is 0.230. The number of amides is 1. The lowest BCUT2D eigenvalue weighted by atomic mass is 10.0. The van der Waals surface area contributed by atoms with Crippen LogP contribution in [0.3, 0.4) is 0 Å². The average Bonchev–Trinajstić information content (AvgIpc) is 3.33. The second-order valence-electron chi connectivity index (χ2n) is 7.10. The zero-order valence-corrected chi connectivity index (χ0v) is 17.4. The second-order valence-corrected chi connectivity index (χ2v) is 8.11. The molecule has 0 spiro atoms. The molecule has 0 N–H and O–H groups in total. The van der Waals surface area contributed by atoms with E-state index in [4.69, 9.17) is 9.47 Å². The van der Waals surface area contributed by atoms with Gasteiger partial charge in [0.1, 0.15) is 0 Å². The number of methoxy groups -OCH3 is 1. The van der Waals surface area contributed by atoms with Gasteiger partial charge in [0, 0.05) is 19.6 Å². The van der Waals surface area contributed by atoms with E-state index in [-0.39, 0.29) is 11.9 Å². The molecule has 0 saturated heterocycles. The molecule has 1 aliphatic carbocycles. The lowest BCUT2D eigenvalue weighted by molar-refractivity contribution is -0.118. The molecule has 0 bridgehead atoms. The van der Waals surface area contributed by atoms with Crippen molar-refractivity contribution < 1.29 is 19.1 Å². The van der Waals surface area contributed by atoms with Crippen molar-refractivity contribution in [2.75, 3.05) is 20.3 Å². The zero-order valence-electron chi connectivity index (χ0n) is 16.6. The summed E-state index contributed by atoms with van der Waals surface area (Å²) >= 11 is 1.42. The monoisotopic (exact) mass is 404 g/mol. The van der Waals surface area contributed by atoms with Crippen molar-refractivity contribution in [3.8, 4) is 0 Å². The van der Waals surface area contributed by atoms with E-state index >= 15 is 0 Å². The first-order valence-corrected chi connectivity index (χ1v) is 10.8. The number of fused-ring (bicyclic) bond motifs is 1. The predicted molar refractivity (Wildman–Crippen MR) is 109 cm³/mol. The molecule has 3 rings (SSSR count). The van der Waals surface area contributed by atoms with E-state index < -0.39 is 0 Å². The van der Waals surface area contributed by atoms with Crippen LogP contribution >= 0.6 is 11.3 Å². The molecule has 1 heterocycles. The molecule has 1 aliphatic rings. The lowest BCUT2D eigenvalue weighted by Crippen LogP contribution is -2.19. The fourth-order valence-corrected chi connectivity index (χ4v) is 4.82. The minimum atomic E-state index is -0.373. The van der Waals surface area contributed by atoms with Gasteiger partial charge in [0.05, 0.1) is 29.5 Å². The molecule has 0 aliphatic heterocycles. The molecule has 1 saturated carbocycles. The van der Waals surface area contributed by atoms with E-state index in [1.165, 1.54) is 44.1 Å². The SMILES string of the molecule is CCOCCn1c(=NC(=O)CCC2CCCC2)sc2cc(C(=O)OC)ccc21. The van der Waals surface area contributed by atoms with Crippen molar-refractivity contribution in [3.05, 3.63) is 28.6 Å². The number of ether oxygens (including phenoxy) is 2. The molecule has 7 heteroatoms. The van der Waals surface area contributed by atoms with Crippen molar-refractivity contribution in [2.45, 2.75) is 52.0 Å². The largest absolute Gasteiger partial charge is 0.465 e. The summed E-state index contributed by atoms with van der Waals surface area (Å²) in [7, 11) is 1.37. The predicted octanol–water partition coefficient (Wildman–Crippen LogP) is 3.92. The number of thiazole rings is 1. The number of carbonyl (C=O) groups excluding carboxylic acids is 2. The number of carbonyl (C=O) groups is 2. The highest BCUT2D eigenvalue weighted by Gasteiger charge is 2.16. The summed E-state index contributed by atoms with van der Waals surface area (Å²) in [4.78, 5) is 29.4. The van der Waals surface area contributed by atoms with Gasteiger partial charge in [0.15, 0.2) is 4.80 Å². The number of rotatable bonds is 8. The zero-order chi connectivity index (χ0) is 19.9. The van der Waals surface area contributed by atoms with E-state index in [2.05, 4.69) is 4.99 Å². The van der Waals surface area contributed by atoms with Crippen LogP contribution in [0.2, 0.25) is 0 Å². The van der Waals surface area contributed by atoms with E-state index in [0.717, 1.165) is 16.6 Å². The molecule has 1 amide bonds. The standard InChI is InChI=1S/C21H28N2O4S/c1-3-27-13-12-23-17-10-9-16(20(25)26-2)14-18(17)28-21(23)22-19(24)11-8-15-6-4-5-7-15/h9-10,14-15H,3-8,11-13H2,1-2H3. The smallest absolute Gasteiger partial charge is 0.337 e. The Morgan fingerprint density at radius 2 is 2.07 bits per heavy atom. The molecule has 152 valence electrons. The molecular weight excluding hydrogens is 376 g/mol. The van der Waals surface area contributed by atoms with E-state index in [0.29, 0.717) is 42.5 Å². The molecule has 1 fully saturated rings. The van der Waals surface area contributed by atoms with Gasteiger partial charge in [-0.2, -0.15) is 4.99 Å². The van der Waals surface area contributed by atoms with Gasteiger partial charge in [0.2, 0.25) is 5.91 Å². The van der Waals surface area contributed by atoms with E-state index in [1.807, 2.05) is 17.6 Å². The summed E-state index contributed by atoms with van der Waals surface area (Å²) in [6, 6.07) is 5.42. The maximum absolute atomic E-state index is 12.5. The molecular formula is C21H28N2O4S. The Balaban J connectivity index is 1.87. The second kappa shape index (κ2) is 9.98. The van der Waals surface area contributed by atoms with Crippen LogP contribution in [-0.4, -0.2) is 36.8 Å². The first-order chi connectivity index (χ1) is 13.6. The quantitative estimate of drug-likeness (QED) is 0.494. The maximum Gasteiger partial charge on any atom is 0.337 e. The van der Waals surface area contributed by atoms with Gasteiger partial charge in [-0.1, -0.05) is 37.0 Å². The fraction of sp³-hybridized carbons (Fsp3) is 0.571. The topological polar surface area (TPSA) is 69.9 Å². The highest BCUT2D eigenvalue weighted by atomic mass is 32.1. The molecule has 0 unspecified atom stereocenters. The van der Waals surface area contributed by atoms with Crippen molar-refractivity contribution >= 4 is 33.4 Å². The normalized spacial score (nSPS) is 15.4. The Bertz CT molecular complexity index is 893. The number of esters is 1. The Hall–Kier alpha value is -1.99. The summed E-state index contributed by atoms with van der Waals surface area (Å²) in [6.45, 7) is 3.75. The van der Waals surface area contributed by atoms with Crippen molar-refractivity contribution in [2.24, 2.45) is 10.9 Å². The Morgan fingerprint density at radius 1 is 1.29 bits per heavy atom. The third kappa shape index (κ3) is 5.08. The van der Waals surface area contributed by atoms with E-state index in [9.17, 15) is 9.59 Å². The Kier molecular flexibility index (Phi) is 7.39. The highest BCUT2D eigenvalue weighted by Crippen LogP contribution is 2.28. The minimum Gasteiger partial charge on any atom is -0.465 e. The molecule has 1 aromatic heterocycles. The highest BCUT2D eigenvalue weighted by molar-refractivity contribution is 7.16. The first-order valence-electron chi connectivity index (χ1n) is 9.99.